The normalized spacial score (nSPS) is 10.3. The van der Waals surface area contributed by atoms with Gasteiger partial charge in [0.2, 0.25) is 0 Å². The first-order chi connectivity index (χ1) is 5.77. The third kappa shape index (κ3) is 2.24. The highest BCUT2D eigenvalue weighted by atomic mass is 79.9. The first-order valence-corrected chi connectivity index (χ1v) is 4.73. The molecule has 1 aromatic carbocycles. The summed E-state index contributed by atoms with van der Waals surface area (Å²) in [4.78, 5) is 1.23. The lowest BCUT2D eigenvalue weighted by Crippen LogP contribution is -1.88. The summed E-state index contributed by atoms with van der Waals surface area (Å²) < 4.78 is 5.06. The van der Waals surface area contributed by atoms with Crippen molar-refractivity contribution in [1.82, 2.24) is 0 Å². The van der Waals surface area contributed by atoms with Gasteiger partial charge in [-0.1, -0.05) is 35.0 Å². The molecule has 0 atom stereocenters. The van der Waals surface area contributed by atoms with Crippen molar-refractivity contribution in [2.75, 3.05) is 7.11 Å². The monoisotopic (exact) mass is 227 g/mol. The maximum atomic E-state index is 5.06. The number of benzene rings is 1. The van der Waals surface area contributed by atoms with Crippen LogP contribution >= 0.6 is 15.9 Å². The minimum atomic E-state index is 0.898. The zero-order chi connectivity index (χ0) is 8.97. The minimum Gasteiger partial charge on any atom is -0.497 e. The van der Waals surface area contributed by atoms with E-state index in [2.05, 4.69) is 22.9 Å². The van der Waals surface area contributed by atoms with Gasteiger partial charge >= 0.3 is 0 Å². The predicted octanol–water partition coefficient (Wildman–Crippen LogP) is 3.38. The molecule has 0 aromatic heterocycles. The molecule has 0 spiro atoms. The summed E-state index contributed by atoms with van der Waals surface area (Å²) in [7, 11) is 1.67. The average Bonchev–Trinajstić information content (AvgIpc) is 2.17. The van der Waals surface area contributed by atoms with Gasteiger partial charge in [0, 0.05) is 0 Å². The molecule has 65 valence electrons. The van der Waals surface area contributed by atoms with E-state index in [1.54, 1.807) is 7.11 Å². The minimum absolute atomic E-state index is 0.898. The Bertz CT molecular complexity index is 230. The molecule has 0 amide bonds. The van der Waals surface area contributed by atoms with E-state index in [0.29, 0.717) is 0 Å². The number of hydrogen-bond acceptors (Lipinski definition) is 1. The number of methoxy groups -OCH3 is 1. The van der Waals surface area contributed by atoms with Gasteiger partial charge in [0.25, 0.3) is 0 Å². The van der Waals surface area contributed by atoms with Gasteiger partial charge in [-0.05, 0) is 24.1 Å². The second-order valence-corrected chi connectivity index (χ2v) is 3.44. The molecule has 0 saturated heterocycles. The van der Waals surface area contributed by atoms with Crippen LogP contribution in [0.1, 0.15) is 18.9 Å². The lowest BCUT2D eigenvalue weighted by Gasteiger charge is -2.06. The predicted molar refractivity (Wildman–Crippen MR) is 54.6 cm³/mol. The van der Waals surface area contributed by atoms with Crippen LogP contribution in [-0.4, -0.2) is 7.11 Å². The SMILES string of the molecule is CC[C](Br)c1ccc(OC)cc1. The maximum absolute atomic E-state index is 5.06. The Morgan fingerprint density at radius 3 is 2.33 bits per heavy atom. The molecule has 2 heteroatoms. The largest absolute Gasteiger partial charge is 0.497 e. The number of rotatable bonds is 3. The van der Waals surface area contributed by atoms with Crippen molar-refractivity contribution in [3.05, 3.63) is 34.7 Å². The number of ether oxygens (including phenoxy) is 1. The average molecular weight is 228 g/mol. The Morgan fingerprint density at radius 1 is 1.33 bits per heavy atom. The lowest BCUT2D eigenvalue weighted by molar-refractivity contribution is 0.414. The molecule has 1 aromatic rings. The van der Waals surface area contributed by atoms with Crippen LogP contribution in [0.2, 0.25) is 0 Å². The molecule has 1 radical (unpaired) electrons. The van der Waals surface area contributed by atoms with E-state index in [0.717, 1.165) is 12.2 Å². The fraction of sp³-hybridized carbons (Fsp3) is 0.300. The van der Waals surface area contributed by atoms with Gasteiger partial charge in [-0.15, -0.1) is 0 Å². The molecule has 0 aliphatic heterocycles. The molecule has 0 aliphatic carbocycles. The van der Waals surface area contributed by atoms with Crippen molar-refractivity contribution in [2.45, 2.75) is 13.3 Å². The van der Waals surface area contributed by atoms with Crippen LogP contribution in [0.3, 0.4) is 0 Å². The van der Waals surface area contributed by atoms with Gasteiger partial charge in [0.1, 0.15) is 5.75 Å². The summed E-state index contributed by atoms with van der Waals surface area (Å²) in [5, 5.41) is 0. The van der Waals surface area contributed by atoms with Crippen LogP contribution in [0, 0.1) is 4.83 Å². The Hall–Kier alpha value is -0.500. The van der Waals surface area contributed by atoms with Crippen molar-refractivity contribution in [3.8, 4) is 5.75 Å². The van der Waals surface area contributed by atoms with Crippen LogP contribution < -0.4 is 4.74 Å². The molecule has 0 saturated carbocycles. The molecule has 0 heterocycles. The Balaban J connectivity index is 2.77. The first kappa shape index (κ1) is 9.59. The van der Waals surface area contributed by atoms with Crippen molar-refractivity contribution in [3.63, 3.8) is 0 Å². The van der Waals surface area contributed by atoms with Crippen molar-refractivity contribution in [1.29, 1.82) is 0 Å². The number of hydrogen-bond donors (Lipinski definition) is 0. The molecule has 0 N–H and O–H groups in total. The second-order valence-electron chi connectivity index (χ2n) is 2.49. The third-order valence-corrected chi connectivity index (χ3v) is 2.73. The smallest absolute Gasteiger partial charge is 0.118 e. The zero-order valence-corrected chi connectivity index (χ0v) is 8.89. The second kappa shape index (κ2) is 4.51. The van der Waals surface area contributed by atoms with E-state index < -0.39 is 0 Å². The Labute approximate surface area is 81.9 Å². The molecule has 1 rings (SSSR count). The molecular weight excluding hydrogens is 216 g/mol. The summed E-state index contributed by atoms with van der Waals surface area (Å²) in [6.45, 7) is 2.12. The first-order valence-electron chi connectivity index (χ1n) is 3.93. The highest BCUT2D eigenvalue weighted by Crippen LogP contribution is 2.25. The third-order valence-electron chi connectivity index (χ3n) is 1.71. The van der Waals surface area contributed by atoms with Crippen molar-refractivity contribution >= 4 is 15.9 Å². The highest BCUT2D eigenvalue weighted by molar-refractivity contribution is 9.11. The summed E-state index contributed by atoms with van der Waals surface area (Å²) >= 11 is 3.51. The van der Waals surface area contributed by atoms with Gasteiger partial charge in [-0.25, -0.2) is 0 Å². The summed E-state index contributed by atoms with van der Waals surface area (Å²) in [5.74, 6) is 0.898. The highest BCUT2D eigenvalue weighted by Gasteiger charge is 2.04. The topological polar surface area (TPSA) is 9.23 Å². The fourth-order valence-electron chi connectivity index (χ4n) is 0.976. The number of halogens is 1. The quantitative estimate of drug-likeness (QED) is 0.770. The molecular formula is C10H12BrO. The lowest BCUT2D eigenvalue weighted by atomic mass is 10.1. The van der Waals surface area contributed by atoms with Gasteiger partial charge in [0.15, 0.2) is 0 Å². The van der Waals surface area contributed by atoms with Crippen LogP contribution in [0.15, 0.2) is 24.3 Å². The van der Waals surface area contributed by atoms with E-state index in [4.69, 9.17) is 4.74 Å². The molecule has 12 heavy (non-hydrogen) atoms. The van der Waals surface area contributed by atoms with Gasteiger partial charge < -0.3 is 4.74 Å². The zero-order valence-electron chi connectivity index (χ0n) is 7.30. The van der Waals surface area contributed by atoms with E-state index in [9.17, 15) is 0 Å². The van der Waals surface area contributed by atoms with E-state index in [1.165, 1.54) is 10.4 Å². The fourth-order valence-corrected chi connectivity index (χ4v) is 1.24. The van der Waals surface area contributed by atoms with Crippen molar-refractivity contribution in [2.24, 2.45) is 0 Å². The molecule has 0 aliphatic rings. The molecule has 1 nitrogen and oxygen atoms in total. The standard InChI is InChI=1S/C10H12BrO/c1-3-10(11)8-4-6-9(12-2)7-5-8/h4-7H,3H2,1-2H3. The van der Waals surface area contributed by atoms with Gasteiger partial charge in [-0.2, -0.15) is 0 Å². The van der Waals surface area contributed by atoms with E-state index >= 15 is 0 Å². The van der Waals surface area contributed by atoms with E-state index in [-0.39, 0.29) is 0 Å². The van der Waals surface area contributed by atoms with Crippen LogP contribution in [-0.2, 0) is 0 Å². The van der Waals surface area contributed by atoms with Crippen LogP contribution in [0.25, 0.3) is 0 Å². The Kier molecular flexibility index (Phi) is 3.60. The molecule has 0 bridgehead atoms. The van der Waals surface area contributed by atoms with Crippen LogP contribution in [0.4, 0.5) is 0 Å². The van der Waals surface area contributed by atoms with Gasteiger partial charge in [0.05, 0.1) is 11.9 Å². The summed E-state index contributed by atoms with van der Waals surface area (Å²) in [5.41, 5.74) is 1.22. The van der Waals surface area contributed by atoms with E-state index in [1.807, 2.05) is 24.3 Å². The Morgan fingerprint density at radius 2 is 1.92 bits per heavy atom. The van der Waals surface area contributed by atoms with Crippen molar-refractivity contribution < 1.29 is 4.74 Å². The van der Waals surface area contributed by atoms with Gasteiger partial charge in [-0.3, -0.25) is 0 Å². The van der Waals surface area contributed by atoms with Crippen LogP contribution in [0.5, 0.6) is 5.75 Å². The maximum Gasteiger partial charge on any atom is 0.118 e. The summed E-state index contributed by atoms with van der Waals surface area (Å²) in [6.07, 6.45) is 1.02. The summed E-state index contributed by atoms with van der Waals surface area (Å²) in [6, 6.07) is 8.03. The molecule has 0 fully saturated rings. The molecule has 0 unspecified atom stereocenters.